The molecule has 3 aromatic carbocycles. The van der Waals surface area contributed by atoms with Crippen LogP contribution in [0.15, 0.2) is 70.2 Å². The van der Waals surface area contributed by atoms with Crippen LogP contribution < -0.4 is 14.9 Å². The number of nitrogens with one attached hydrogen (secondary N) is 1. The van der Waals surface area contributed by atoms with Gasteiger partial charge in [-0.15, -0.1) is 0 Å². The summed E-state index contributed by atoms with van der Waals surface area (Å²) in [6.07, 6.45) is 1.37. The second kappa shape index (κ2) is 10.4. The number of rotatable bonds is 6. The molecule has 31 heavy (non-hydrogen) atoms. The molecule has 3 aromatic rings. The third kappa shape index (κ3) is 6.07. The van der Waals surface area contributed by atoms with E-state index in [2.05, 4.69) is 26.5 Å². The van der Waals surface area contributed by atoms with Crippen molar-refractivity contribution in [1.82, 2.24) is 5.43 Å². The van der Waals surface area contributed by atoms with Crippen LogP contribution in [0.3, 0.4) is 0 Å². The van der Waals surface area contributed by atoms with E-state index < -0.39 is 11.9 Å². The number of hydrogen-bond donors (Lipinski definition) is 1. The highest BCUT2D eigenvalue weighted by molar-refractivity contribution is 9.10. The lowest BCUT2D eigenvalue weighted by atomic mass is 10.2. The number of amides is 1. The first-order chi connectivity index (χ1) is 14.9. The standard InChI is InChI=1S/C22H15BrCl2N2O4/c1-30-17-6-2-13(3-7-17)22(29)31-20-9-5-16(23)10-15(20)12-26-27-21(28)14-4-8-18(24)19(25)11-14/h2-12H,1H3,(H,27,28)/b26-12+. The zero-order chi connectivity index (χ0) is 22.4. The minimum absolute atomic E-state index is 0.262. The fraction of sp³-hybridized carbons (Fsp3) is 0.0455. The minimum atomic E-state index is -0.542. The minimum Gasteiger partial charge on any atom is -0.497 e. The highest BCUT2D eigenvalue weighted by Gasteiger charge is 2.12. The van der Waals surface area contributed by atoms with Crippen LogP contribution in [0.25, 0.3) is 0 Å². The Kier molecular flexibility index (Phi) is 7.68. The molecule has 158 valence electrons. The van der Waals surface area contributed by atoms with E-state index in [9.17, 15) is 9.59 Å². The Morgan fingerprint density at radius 1 is 0.968 bits per heavy atom. The van der Waals surface area contributed by atoms with E-state index in [4.69, 9.17) is 32.7 Å². The van der Waals surface area contributed by atoms with E-state index in [0.29, 0.717) is 27.5 Å². The average molecular weight is 522 g/mol. The van der Waals surface area contributed by atoms with Gasteiger partial charge >= 0.3 is 5.97 Å². The smallest absolute Gasteiger partial charge is 0.343 e. The summed E-state index contributed by atoms with van der Waals surface area (Å²) in [5, 5.41) is 4.55. The monoisotopic (exact) mass is 520 g/mol. The summed E-state index contributed by atoms with van der Waals surface area (Å²) in [5.41, 5.74) is 3.53. The van der Waals surface area contributed by atoms with Gasteiger partial charge in [-0.25, -0.2) is 10.2 Å². The topological polar surface area (TPSA) is 77.0 Å². The summed E-state index contributed by atoms with van der Waals surface area (Å²) in [4.78, 5) is 24.7. The van der Waals surface area contributed by atoms with Crippen molar-refractivity contribution in [2.45, 2.75) is 0 Å². The van der Waals surface area contributed by atoms with E-state index in [1.165, 1.54) is 24.4 Å². The molecular formula is C22H15BrCl2N2O4. The van der Waals surface area contributed by atoms with Gasteiger partial charge in [-0.2, -0.15) is 5.10 Å². The number of methoxy groups -OCH3 is 1. The maximum atomic E-state index is 12.5. The lowest BCUT2D eigenvalue weighted by Gasteiger charge is -2.08. The van der Waals surface area contributed by atoms with Crippen LogP contribution in [0.5, 0.6) is 11.5 Å². The molecule has 0 unspecified atom stereocenters. The predicted octanol–water partition coefficient (Wildman–Crippen LogP) is 5.75. The molecule has 0 saturated heterocycles. The summed E-state index contributed by atoms with van der Waals surface area (Å²) in [5.74, 6) is -0.108. The van der Waals surface area contributed by atoms with Crippen molar-refractivity contribution in [3.05, 3.63) is 91.9 Å². The number of hydrazone groups is 1. The molecule has 9 heteroatoms. The van der Waals surface area contributed by atoms with Crippen LogP contribution in [-0.4, -0.2) is 25.2 Å². The van der Waals surface area contributed by atoms with Crippen LogP contribution in [0.1, 0.15) is 26.3 Å². The summed E-state index contributed by atoms with van der Waals surface area (Å²) in [6.45, 7) is 0. The highest BCUT2D eigenvalue weighted by atomic mass is 79.9. The molecule has 1 N–H and O–H groups in total. The van der Waals surface area contributed by atoms with Crippen LogP contribution in [0.2, 0.25) is 10.0 Å². The molecule has 0 atom stereocenters. The summed E-state index contributed by atoms with van der Waals surface area (Å²) in [6, 6.07) is 16.1. The number of halogens is 3. The second-order valence-electron chi connectivity index (χ2n) is 6.13. The Morgan fingerprint density at radius 2 is 1.68 bits per heavy atom. The van der Waals surface area contributed by atoms with E-state index in [0.717, 1.165) is 4.47 Å². The lowest BCUT2D eigenvalue weighted by molar-refractivity contribution is 0.0734. The molecule has 0 spiro atoms. The molecule has 0 aliphatic heterocycles. The van der Waals surface area contributed by atoms with Gasteiger partial charge in [-0.3, -0.25) is 4.79 Å². The van der Waals surface area contributed by atoms with Gasteiger partial charge in [0.1, 0.15) is 11.5 Å². The number of hydrogen-bond acceptors (Lipinski definition) is 5. The van der Waals surface area contributed by atoms with Crippen LogP contribution in [0, 0.1) is 0 Å². The van der Waals surface area contributed by atoms with E-state index in [-0.39, 0.29) is 10.8 Å². The fourth-order valence-corrected chi connectivity index (χ4v) is 3.14. The number of carbonyl (C=O) groups is 2. The first-order valence-electron chi connectivity index (χ1n) is 8.81. The molecule has 0 saturated carbocycles. The van der Waals surface area contributed by atoms with Gasteiger partial charge in [-0.05, 0) is 60.7 Å². The lowest BCUT2D eigenvalue weighted by Crippen LogP contribution is -2.17. The first kappa shape index (κ1) is 22.8. The van der Waals surface area contributed by atoms with Gasteiger partial charge in [0.25, 0.3) is 5.91 Å². The molecule has 0 bridgehead atoms. The van der Waals surface area contributed by atoms with Crippen molar-refractivity contribution in [3.63, 3.8) is 0 Å². The maximum Gasteiger partial charge on any atom is 0.343 e. The SMILES string of the molecule is COc1ccc(C(=O)Oc2ccc(Br)cc2/C=N/NC(=O)c2ccc(Cl)c(Cl)c2)cc1. The van der Waals surface area contributed by atoms with Crippen molar-refractivity contribution in [2.75, 3.05) is 7.11 Å². The Bertz CT molecular complexity index is 1150. The van der Waals surface area contributed by atoms with Crippen LogP contribution >= 0.6 is 39.1 Å². The molecule has 0 aliphatic carbocycles. The largest absolute Gasteiger partial charge is 0.497 e. The predicted molar refractivity (Wildman–Crippen MR) is 124 cm³/mol. The van der Waals surface area contributed by atoms with E-state index >= 15 is 0 Å². The number of nitrogens with zero attached hydrogens (tertiary/aromatic N) is 1. The van der Waals surface area contributed by atoms with Gasteiger partial charge in [0.05, 0.1) is 28.9 Å². The molecular weight excluding hydrogens is 507 g/mol. The van der Waals surface area contributed by atoms with Gasteiger partial charge < -0.3 is 9.47 Å². The normalized spacial score (nSPS) is 10.7. The van der Waals surface area contributed by atoms with E-state index in [1.807, 2.05) is 0 Å². The zero-order valence-corrected chi connectivity index (χ0v) is 19.2. The summed E-state index contributed by atoms with van der Waals surface area (Å²) >= 11 is 15.2. The fourth-order valence-electron chi connectivity index (χ4n) is 2.46. The average Bonchev–Trinajstić information content (AvgIpc) is 2.77. The Morgan fingerprint density at radius 3 is 2.35 bits per heavy atom. The highest BCUT2D eigenvalue weighted by Crippen LogP contribution is 2.24. The van der Waals surface area contributed by atoms with Gasteiger partial charge in [-0.1, -0.05) is 39.1 Å². The molecule has 0 aliphatic rings. The molecule has 0 heterocycles. The van der Waals surface area contributed by atoms with Gasteiger partial charge in [0.2, 0.25) is 0 Å². The molecule has 3 rings (SSSR count). The van der Waals surface area contributed by atoms with Crippen molar-refractivity contribution < 1.29 is 19.1 Å². The molecule has 0 radical (unpaired) electrons. The van der Waals surface area contributed by atoms with Crippen molar-refractivity contribution in [3.8, 4) is 11.5 Å². The third-order valence-electron chi connectivity index (χ3n) is 4.05. The number of ether oxygens (including phenoxy) is 2. The van der Waals surface area contributed by atoms with Crippen molar-refractivity contribution in [1.29, 1.82) is 0 Å². The zero-order valence-electron chi connectivity index (χ0n) is 16.1. The van der Waals surface area contributed by atoms with Crippen molar-refractivity contribution >= 4 is 57.2 Å². The Hall–Kier alpha value is -2.87. The van der Waals surface area contributed by atoms with Crippen LogP contribution in [-0.2, 0) is 0 Å². The number of carbonyl (C=O) groups excluding carboxylic acids is 2. The number of esters is 1. The Balaban J connectivity index is 1.73. The third-order valence-corrected chi connectivity index (χ3v) is 5.28. The Labute approximate surface area is 196 Å². The molecule has 6 nitrogen and oxygen atoms in total. The van der Waals surface area contributed by atoms with Gasteiger partial charge in [0.15, 0.2) is 0 Å². The maximum absolute atomic E-state index is 12.5. The first-order valence-corrected chi connectivity index (χ1v) is 10.4. The van der Waals surface area contributed by atoms with Crippen molar-refractivity contribution in [2.24, 2.45) is 5.10 Å². The summed E-state index contributed by atoms with van der Waals surface area (Å²) < 4.78 is 11.3. The molecule has 1 amide bonds. The van der Waals surface area contributed by atoms with Crippen LogP contribution in [0.4, 0.5) is 0 Å². The number of benzene rings is 3. The van der Waals surface area contributed by atoms with Gasteiger partial charge in [0, 0.05) is 15.6 Å². The quantitative estimate of drug-likeness (QED) is 0.194. The molecule has 0 fully saturated rings. The second-order valence-corrected chi connectivity index (χ2v) is 7.86. The summed E-state index contributed by atoms with van der Waals surface area (Å²) in [7, 11) is 1.54. The van der Waals surface area contributed by atoms with E-state index in [1.54, 1.807) is 49.6 Å². The molecule has 0 aromatic heterocycles.